The van der Waals surface area contributed by atoms with Gasteiger partial charge in [0.25, 0.3) is 0 Å². The first-order chi connectivity index (χ1) is 18.5. The van der Waals surface area contributed by atoms with Crippen LogP contribution in [-0.4, -0.2) is 60.4 Å². The maximum atomic E-state index is 16.2. The normalized spacial score (nSPS) is 15.9. The lowest BCUT2D eigenvalue weighted by Crippen LogP contribution is -2.36. The molecule has 0 bridgehead atoms. The van der Waals surface area contributed by atoms with Gasteiger partial charge in [-0.05, 0) is 36.4 Å². The summed E-state index contributed by atoms with van der Waals surface area (Å²) in [5.74, 6) is -0.840. The fraction of sp³-hybridized carbons (Fsp3) is 0.231. The molecule has 0 radical (unpaired) electrons. The highest BCUT2D eigenvalue weighted by Gasteiger charge is 2.33. The quantitative estimate of drug-likeness (QED) is 0.404. The average molecular weight is 536 g/mol. The first-order valence-electron chi connectivity index (χ1n) is 12.1. The summed E-state index contributed by atoms with van der Waals surface area (Å²) in [6.45, 7) is 3.13. The van der Waals surface area contributed by atoms with E-state index in [9.17, 15) is 9.18 Å². The number of carbonyl (C=O) groups is 1. The summed E-state index contributed by atoms with van der Waals surface area (Å²) in [5.41, 5.74) is 7.82. The van der Waals surface area contributed by atoms with Gasteiger partial charge in [-0.25, -0.2) is 28.5 Å². The van der Waals surface area contributed by atoms with Crippen LogP contribution in [0.25, 0.3) is 21.8 Å². The second kappa shape index (κ2) is 9.95. The van der Waals surface area contributed by atoms with Gasteiger partial charge in [0, 0.05) is 43.6 Å². The summed E-state index contributed by atoms with van der Waals surface area (Å²) in [6, 6.07) is 11.9. The Morgan fingerprint density at radius 3 is 2.45 bits per heavy atom. The van der Waals surface area contributed by atoms with Crippen molar-refractivity contribution in [1.82, 2.24) is 15.0 Å². The summed E-state index contributed by atoms with van der Waals surface area (Å²) in [4.78, 5) is 31.9. The molecular formula is C26H23F2N7O2S. The van der Waals surface area contributed by atoms with Crippen molar-refractivity contribution in [2.24, 2.45) is 0 Å². The molecule has 2 aliphatic heterocycles. The monoisotopic (exact) mass is 535 g/mol. The van der Waals surface area contributed by atoms with Gasteiger partial charge in [0.05, 0.1) is 29.5 Å². The van der Waals surface area contributed by atoms with E-state index in [2.05, 4.69) is 14.9 Å². The molecule has 2 N–H and O–H groups in total. The number of amides is 2. The summed E-state index contributed by atoms with van der Waals surface area (Å²) in [6.07, 6.45) is 1.54. The van der Waals surface area contributed by atoms with E-state index in [1.54, 1.807) is 24.3 Å². The molecule has 194 valence electrons. The number of nitrogens with two attached hydrogens (primary N) is 1. The molecule has 2 saturated heterocycles. The summed E-state index contributed by atoms with van der Waals surface area (Å²) in [5, 5.41) is 0.722. The molecule has 0 saturated carbocycles. The maximum absolute atomic E-state index is 16.2. The van der Waals surface area contributed by atoms with Crippen molar-refractivity contribution in [3.05, 3.63) is 66.4 Å². The number of nitrogen functional groups attached to an aromatic ring is 1. The Morgan fingerprint density at radius 1 is 0.921 bits per heavy atom. The lowest BCUT2D eigenvalue weighted by molar-refractivity contribution is 0.122. The van der Waals surface area contributed by atoms with E-state index in [1.807, 2.05) is 0 Å². The van der Waals surface area contributed by atoms with E-state index in [1.165, 1.54) is 51.6 Å². The molecule has 0 aliphatic carbocycles. The van der Waals surface area contributed by atoms with Crippen LogP contribution in [0.15, 0.2) is 54.7 Å². The zero-order chi connectivity index (χ0) is 26.2. The molecule has 9 nitrogen and oxygen atoms in total. The first kappa shape index (κ1) is 24.2. The molecular weight excluding hydrogens is 512 g/mol. The number of halogens is 2. The van der Waals surface area contributed by atoms with Gasteiger partial charge in [0.1, 0.15) is 11.5 Å². The Labute approximate surface area is 221 Å². The third-order valence-electron chi connectivity index (χ3n) is 6.48. The van der Waals surface area contributed by atoms with Crippen LogP contribution in [0, 0.1) is 11.6 Å². The number of carbonyl (C=O) groups excluding carboxylic acids is 1. The second-order valence-corrected chi connectivity index (χ2v) is 9.75. The van der Waals surface area contributed by atoms with Crippen LogP contribution in [0.4, 0.5) is 36.0 Å². The minimum absolute atomic E-state index is 0.0899. The van der Waals surface area contributed by atoms with Gasteiger partial charge in [-0.3, -0.25) is 9.80 Å². The van der Waals surface area contributed by atoms with Crippen molar-refractivity contribution in [2.75, 3.05) is 59.8 Å². The molecule has 12 heteroatoms. The van der Waals surface area contributed by atoms with E-state index >= 15 is 4.39 Å². The third-order valence-corrected chi connectivity index (χ3v) is 7.62. The van der Waals surface area contributed by atoms with Crippen LogP contribution in [0.3, 0.4) is 0 Å². The van der Waals surface area contributed by atoms with Crippen molar-refractivity contribution in [1.29, 1.82) is 0 Å². The highest BCUT2D eigenvalue weighted by atomic mass is 32.1. The fourth-order valence-electron chi connectivity index (χ4n) is 4.59. The number of thiazole rings is 1. The van der Waals surface area contributed by atoms with E-state index in [0.29, 0.717) is 60.4 Å². The zero-order valence-electron chi connectivity index (χ0n) is 20.2. The Kier molecular flexibility index (Phi) is 6.34. The molecule has 4 heterocycles. The number of anilines is 4. The van der Waals surface area contributed by atoms with Crippen molar-refractivity contribution < 1.29 is 18.3 Å². The Hall–Kier alpha value is -4.16. The lowest BCUT2D eigenvalue weighted by Gasteiger charge is -2.26. The lowest BCUT2D eigenvalue weighted by atomic mass is 10.1. The van der Waals surface area contributed by atoms with Gasteiger partial charge in [-0.2, -0.15) is 0 Å². The van der Waals surface area contributed by atoms with Crippen LogP contribution in [-0.2, 0) is 4.74 Å². The van der Waals surface area contributed by atoms with Crippen molar-refractivity contribution in [3.8, 4) is 21.8 Å². The van der Waals surface area contributed by atoms with Crippen LogP contribution in [0.1, 0.15) is 0 Å². The van der Waals surface area contributed by atoms with Crippen LogP contribution in [0.2, 0.25) is 0 Å². The Balaban J connectivity index is 1.39. The maximum Gasteiger partial charge on any atom is 0.329 e. The highest BCUT2D eigenvalue weighted by molar-refractivity contribution is 7.19. The van der Waals surface area contributed by atoms with Gasteiger partial charge in [0.15, 0.2) is 10.9 Å². The Bertz CT molecular complexity index is 1490. The number of benzene rings is 2. The Morgan fingerprint density at radius 2 is 1.68 bits per heavy atom. The van der Waals surface area contributed by atoms with Crippen LogP contribution in [0.5, 0.6) is 0 Å². The predicted octanol–water partition coefficient (Wildman–Crippen LogP) is 4.41. The number of urea groups is 1. The molecule has 38 heavy (non-hydrogen) atoms. The van der Waals surface area contributed by atoms with Gasteiger partial charge in [0.2, 0.25) is 5.95 Å². The molecule has 0 unspecified atom stereocenters. The fourth-order valence-corrected chi connectivity index (χ4v) is 5.73. The van der Waals surface area contributed by atoms with Gasteiger partial charge in [-0.1, -0.05) is 23.5 Å². The number of morpholine rings is 1. The summed E-state index contributed by atoms with van der Waals surface area (Å²) >= 11 is 1.35. The number of nitrogens with zero attached hydrogens (tertiary/aromatic N) is 6. The number of ether oxygens (including phenoxy) is 1. The molecule has 6 rings (SSSR count). The number of hydrogen-bond acceptors (Lipinski definition) is 8. The van der Waals surface area contributed by atoms with Gasteiger partial charge < -0.3 is 15.4 Å². The molecule has 2 fully saturated rings. The topological polar surface area (TPSA) is 101 Å². The van der Waals surface area contributed by atoms with Crippen molar-refractivity contribution >= 4 is 39.8 Å². The molecule has 4 aromatic rings. The van der Waals surface area contributed by atoms with Crippen LogP contribution >= 0.6 is 11.3 Å². The van der Waals surface area contributed by atoms with E-state index in [0.717, 1.165) is 5.13 Å². The molecule has 0 atom stereocenters. The largest absolute Gasteiger partial charge is 0.378 e. The summed E-state index contributed by atoms with van der Waals surface area (Å²) in [7, 11) is 0. The van der Waals surface area contributed by atoms with Crippen molar-refractivity contribution in [2.45, 2.75) is 0 Å². The smallest absolute Gasteiger partial charge is 0.329 e. The van der Waals surface area contributed by atoms with Gasteiger partial charge >= 0.3 is 6.03 Å². The van der Waals surface area contributed by atoms with E-state index < -0.39 is 11.6 Å². The first-order valence-corrected chi connectivity index (χ1v) is 12.9. The zero-order valence-corrected chi connectivity index (χ0v) is 21.0. The number of rotatable bonds is 5. The van der Waals surface area contributed by atoms with E-state index in [-0.39, 0.29) is 24.2 Å². The van der Waals surface area contributed by atoms with E-state index in [4.69, 9.17) is 15.5 Å². The standard InChI is InChI=1S/C26H23F2N7O2S/c27-16-4-6-17(7-5-16)34-10-11-35(26(34)36)20-3-1-2-18(21(20)28)23-22(19-8-9-30-24(29)31-19)32-25(38-23)33-12-14-37-15-13-33/h1-9H,10-15H2,(H2,29,30,31). The molecule has 2 amide bonds. The predicted molar refractivity (Wildman–Crippen MR) is 142 cm³/mol. The summed E-state index contributed by atoms with van der Waals surface area (Å²) < 4.78 is 35.1. The number of hydrogen-bond donors (Lipinski definition) is 1. The second-order valence-electron chi connectivity index (χ2n) is 8.77. The van der Waals surface area contributed by atoms with Crippen LogP contribution < -0.4 is 20.4 Å². The van der Waals surface area contributed by atoms with Gasteiger partial charge in [-0.15, -0.1) is 0 Å². The third kappa shape index (κ3) is 4.41. The SMILES string of the molecule is Nc1nccc(-c2nc(N3CCOCC3)sc2-c2cccc(N3CCN(c4ccc(F)cc4)C3=O)c2F)n1. The highest BCUT2D eigenvalue weighted by Crippen LogP contribution is 2.43. The van der Waals surface area contributed by atoms with Crippen molar-refractivity contribution in [3.63, 3.8) is 0 Å². The molecule has 2 aromatic heterocycles. The molecule has 0 spiro atoms. The minimum atomic E-state index is -0.540. The minimum Gasteiger partial charge on any atom is -0.378 e. The average Bonchev–Trinajstić information content (AvgIpc) is 3.54. The molecule has 2 aliphatic rings. The molecule has 2 aromatic carbocycles. The number of aromatic nitrogens is 3.